The first-order chi connectivity index (χ1) is 11.1. The molecule has 0 spiro atoms. The normalized spacial score (nSPS) is 21.1. The number of rotatable bonds is 5. The Balaban J connectivity index is 1.58. The molecule has 1 amide bonds. The van der Waals surface area contributed by atoms with E-state index in [1.807, 2.05) is 34.7 Å². The molecule has 1 fully saturated rings. The summed E-state index contributed by atoms with van der Waals surface area (Å²) in [4.78, 5) is 18.6. The van der Waals surface area contributed by atoms with E-state index in [0.717, 1.165) is 23.8 Å². The summed E-state index contributed by atoms with van der Waals surface area (Å²) in [5.41, 5.74) is 6.22. The van der Waals surface area contributed by atoms with Crippen LogP contribution in [-0.2, 0) is 17.8 Å². The van der Waals surface area contributed by atoms with E-state index in [9.17, 15) is 4.79 Å². The molecule has 0 radical (unpaired) electrons. The van der Waals surface area contributed by atoms with Crippen LogP contribution in [0.25, 0.3) is 0 Å². The van der Waals surface area contributed by atoms with E-state index in [1.54, 1.807) is 6.20 Å². The van der Waals surface area contributed by atoms with Crippen LogP contribution < -0.4 is 5.73 Å². The van der Waals surface area contributed by atoms with Gasteiger partial charge in [-0.25, -0.2) is 4.98 Å². The Bertz CT molecular complexity index is 676. The summed E-state index contributed by atoms with van der Waals surface area (Å²) in [5, 5.41) is 0. The number of imidazole rings is 1. The lowest BCUT2D eigenvalue weighted by atomic mass is 10.0. The van der Waals surface area contributed by atoms with Crippen molar-refractivity contribution in [1.82, 2.24) is 14.5 Å². The number of aromatic nitrogens is 2. The second kappa shape index (κ2) is 6.58. The van der Waals surface area contributed by atoms with Gasteiger partial charge in [-0.1, -0.05) is 6.92 Å². The molecule has 1 saturated heterocycles. The highest BCUT2D eigenvalue weighted by Crippen LogP contribution is 2.28. The number of furan rings is 1. The van der Waals surface area contributed by atoms with Gasteiger partial charge in [0.25, 0.3) is 0 Å². The summed E-state index contributed by atoms with van der Waals surface area (Å²) in [7, 11) is 0. The number of hydrogen-bond donors (Lipinski definition) is 1. The van der Waals surface area contributed by atoms with Gasteiger partial charge in [0.2, 0.25) is 5.91 Å². The fourth-order valence-corrected chi connectivity index (χ4v) is 3.22. The van der Waals surface area contributed by atoms with E-state index in [4.69, 9.17) is 10.2 Å². The van der Waals surface area contributed by atoms with Crippen LogP contribution >= 0.6 is 0 Å². The molecule has 0 saturated carbocycles. The SMILES string of the molecule is CCc1nccn1CCC(=O)N1C[C@@H](N)[C@H](c2ccc(C)o2)C1. The quantitative estimate of drug-likeness (QED) is 0.910. The van der Waals surface area contributed by atoms with E-state index in [2.05, 4.69) is 11.9 Å². The summed E-state index contributed by atoms with van der Waals surface area (Å²) in [5.74, 6) is 3.01. The standard InChI is InChI=1S/C17H24N4O2/c1-3-16-19-7-9-20(16)8-6-17(22)21-10-13(14(18)11-21)15-5-4-12(2)23-15/h4-5,7,9,13-14H,3,6,8,10-11,18H2,1-2H3/t13-,14-/m1/s1. The van der Waals surface area contributed by atoms with Gasteiger partial charge < -0.3 is 19.6 Å². The highest BCUT2D eigenvalue weighted by molar-refractivity contribution is 5.76. The Morgan fingerprint density at radius 1 is 1.43 bits per heavy atom. The smallest absolute Gasteiger partial charge is 0.224 e. The highest BCUT2D eigenvalue weighted by atomic mass is 16.3. The Morgan fingerprint density at radius 2 is 2.26 bits per heavy atom. The lowest BCUT2D eigenvalue weighted by molar-refractivity contribution is -0.130. The van der Waals surface area contributed by atoms with Crippen LogP contribution in [0, 0.1) is 6.92 Å². The van der Waals surface area contributed by atoms with E-state index < -0.39 is 0 Å². The van der Waals surface area contributed by atoms with Crippen molar-refractivity contribution in [3.8, 4) is 0 Å². The summed E-state index contributed by atoms with van der Waals surface area (Å²) in [6.45, 7) is 5.88. The Kier molecular flexibility index (Phi) is 4.52. The largest absolute Gasteiger partial charge is 0.466 e. The lowest BCUT2D eigenvalue weighted by Crippen LogP contribution is -2.32. The molecule has 2 aromatic heterocycles. The van der Waals surface area contributed by atoms with Crippen molar-refractivity contribution in [2.75, 3.05) is 13.1 Å². The maximum absolute atomic E-state index is 12.5. The molecule has 1 aliphatic heterocycles. The zero-order chi connectivity index (χ0) is 16.4. The topological polar surface area (TPSA) is 77.3 Å². The minimum atomic E-state index is -0.0658. The number of carbonyl (C=O) groups excluding carboxylic acids is 1. The number of aryl methyl sites for hydroxylation is 3. The third kappa shape index (κ3) is 3.32. The number of likely N-dealkylation sites (tertiary alicyclic amines) is 1. The molecular formula is C17H24N4O2. The van der Waals surface area contributed by atoms with Crippen molar-refractivity contribution in [3.05, 3.63) is 41.9 Å². The van der Waals surface area contributed by atoms with Crippen LogP contribution in [0.3, 0.4) is 0 Å². The first-order valence-corrected chi connectivity index (χ1v) is 8.18. The van der Waals surface area contributed by atoms with E-state index in [0.29, 0.717) is 26.1 Å². The van der Waals surface area contributed by atoms with E-state index in [-0.39, 0.29) is 17.9 Å². The Hall–Kier alpha value is -2.08. The molecule has 23 heavy (non-hydrogen) atoms. The first-order valence-electron chi connectivity index (χ1n) is 8.18. The van der Waals surface area contributed by atoms with Crippen molar-refractivity contribution < 1.29 is 9.21 Å². The number of hydrogen-bond acceptors (Lipinski definition) is 4. The van der Waals surface area contributed by atoms with E-state index >= 15 is 0 Å². The van der Waals surface area contributed by atoms with Gasteiger partial charge in [-0.3, -0.25) is 4.79 Å². The van der Waals surface area contributed by atoms with Crippen LogP contribution in [0.4, 0.5) is 0 Å². The average Bonchev–Trinajstić information content (AvgIpc) is 3.24. The molecule has 0 bridgehead atoms. The number of carbonyl (C=O) groups is 1. The van der Waals surface area contributed by atoms with Gasteiger partial charge in [-0.15, -0.1) is 0 Å². The monoisotopic (exact) mass is 316 g/mol. The van der Waals surface area contributed by atoms with Crippen molar-refractivity contribution in [2.45, 2.75) is 45.2 Å². The zero-order valence-corrected chi connectivity index (χ0v) is 13.7. The fourth-order valence-electron chi connectivity index (χ4n) is 3.22. The van der Waals surface area contributed by atoms with Crippen LogP contribution in [0.1, 0.15) is 36.6 Å². The van der Waals surface area contributed by atoms with Gasteiger partial charge >= 0.3 is 0 Å². The van der Waals surface area contributed by atoms with Crippen LogP contribution in [0.5, 0.6) is 0 Å². The molecule has 6 heteroatoms. The Morgan fingerprint density at radius 3 is 2.96 bits per heavy atom. The van der Waals surface area contributed by atoms with Gasteiger partial charge in [-0.05, 0) is 19.1 Å². The summed E-state index contributed by atoms with van der Waals surface area (Å²) in [6, 6.07) is 3.84. The minimum absolute atomic E-state index is 0.0658. The predicted molar refractivity (Wildman–Crippen MR) is 87.0 cm³/mol. The highest BCUT2D eigenvalue weighted by Gasteiger charge is 2.35. The zero-order valence-electron chi connectivity index (χ0n) is 13.7. The van der Waals surface area contributed by atoms with Crippen LogP contribution in [0.15, 0.2) is 28.9 Å². The van der Waals surface area contributed by atoms with Crippen LogP contribution in [-0.4, -0.2) is 39.5 Å². The second-order valence-corrected chi connectivity index (χ2v) is 6.16. The summed E-state index contributed by atoms with van der Waals surface area (Å²) < 4.78 is 7.73. The second-order valence-electron chi connectivity index (χ2n) is 6.16. The molecule has 0 aliphatic carbocycles. The maximum atomic E-state index is 12.5. The van der Waals surface area contributed by atoms with Gasteiger partial charge in [0.15, 0.2) is 0 Å². The van der Waals surface area contributed by atoms with Crippen molar-refractivity contribution in [3.63, 3.8) is 0 Å². The Labute approximate surface area is 136 Å². The van der Waals surface area contributed by atoms with Gasteiger partial charge in [0, 0.05) is 50.9 Å². The molecule has 1 aliphatic rings. The van der Waals surface area contributed by atoms with Gasteiger partial charge in [-0.2, -0.15) is 0 Å². The molecule has 2 N–H and O–H groups in total. The van der Waals surface area contributed by atoms with Crippen molar-refractivity contribution in [1.29, 1.82) is 0 Å². The first kappa shape index (κ1) is 15.8. The molecule has 3 rings (SSSR count). The molecule has 2 aromatic rings. The minimum Gasteiger partial charge on any atom is -0.466 e. The third-order valence-corrected chi connectivity index (χ3v) is 4.53. The summed E-state index contributed by atoms with van der Waals surface area (Å²) in [6.07, 6.45) is 5.05. The average molecular weight is 316 g/mol. The fraction of sp³-hybridized carbons (Fsp3) is 0.529. The van der Waals surface area contributed by atoms with Crippen molar-refractivity contribution in [2.24, 2.45) is 5.73 Å². The predicted octanol–water partition coefficient (Wildman–Crippen LogP) is 1.69. The lowest BCUT2D eigenvalue weighted by Gasteiger charge is -2.16. The molecule has 0 aromatic carbocycles. The van der Waals surface area contributed by atoms with E-state index in [1.165, 1.54) is 0 Å². The maximum Gasteiger partial charge on any atom is 0.224 e. The molecule has 3 heterocycles. The molecular weight excluding hydrogens is 292 g/mol. The van der Waals surface area contributed by atoms with Gasteiger partial charge in [0.1, 0.15) is 17.3 Å². The summed E-state index contributed by atoms with van der Waals surface area (Å²) >= 11 is 0. The van der Waals surface area contributed by atoms with Crippen molar-refractivity contribution >= 4 is 5.91 Å². The number of nitrogens with zero attached hydrogens (tertiary/aromatic N) is 3. The van der Waals surface area contributed by atoms with Crippen LogP contribution in [0.2, 0.25) is 0 Å². The van der Waals surface area contributed by atoms with Gasteiger partial charge in [0.05, 0.1) is 5.92 Å². The molecule has 124 valence electrons. The number of amides is 1. The number of nitrogens with two attached hydrogens (primary N) is 1. The molecule has 0 unspecified atom stereocenters. The molecule has 2 atom stereocenters. The third-order valence-electron chi connectivity index (χ3n) is 4.53. The molecule has 6 nitrogen and oxygen atoms in total.